The molecule has 4 heteroatoms. The molecule has 0 amide bonds. The molecule has 0 heterocycles. The van der Waals surface area contributed by atoms with Crippen LogP contribution in [0.2, 0.25) is 0 Å². The molecule has 1 atom stereocenters. The second kappa shape index (κ2) is 4.37. The van der Waals surface area contributed by atoms with Crippen molar-refractivity contribution < 1.29 is 9.18 Å². The van der Waals surface area contributed by atoms with Crippen LogP contribution in [0, 0.1) is 9.39 Å². The van der Waals surface area contributed by atoms with E-state index in [4.69, 9.17) is 11.6 Å². The summed E-state index contributed by atoms with van der Waals surface area (Å²) in [6.45, 7) is 1.57. The van der Waals surface area contributed by atoms with E-state index in [1.165, 1.54) is 6.07 Å². The third-order valence-corrected chi connectivity index (χ3v) is 2.64. The average Bonchev–Trinajstić information content (AvgIpc) is 2.08. The van der Waals surface area contributed by atoms with Gasteiger partial charge in [0, 0.05) is 9.13 Å². The zero-order valence-corrected chi connectivity index (χ0v) is 9.76. The Kier molecular flexibility index (Phi) is 3.67. The summed E-state index contributed by atoms with van der Waals surface area (Å²) in [7, 11) is 0. The summed E-state index contributed by atoms with van der Waals surface area (Å²) in [6.07, 6.45) is 0. The number of ketones is 1. The van der Waals surface area contributed by atoms with E-state index in [0.717, 1.165) is 0 Å². The molecule has 0 aromatic heterocycles. The zero-order chi connectivity index (χ0) is 10.0. The summed E-state index contributed by atoms with van der Waals surface area (Å²) in [4.78, 5) is 11.3. The first-order valence-corrected chi connectivity index (χ1v) is 5.17. The van der Waals surface area contributed by atoms with Gasteiger partial charge in [0.05, 0.1) is 5.38 Å². The summed E-state index contributed by atoms with van der Waals surface area (Å²) in [5, 5.41) is -0.612. The van der Waals surface area contributed by atoms with E-state index in [2.05, 4.69) is 0 Å². The maximum Gasteiger partial charge on any atom is 0.180 e. The summed E-state index contributed by atoms with van der Waals surface area (Å²) < 4.78 is 13.5. The highest BCUT2D eigenvalue weighted by atomic mass is 127. The van der Waals surface area contributed by atoms with Crippen molar-refractivity contribution >= 4 is 40.0 Å². The molecule has 0 saturated carbocycles. The van der Waals surface area contributed by atoms with Gasteiger partial charge in [-0.15, -0.1) is 11.6 Å². The van der Waals surface area contributed by atoms with Gasteiger partial charge in [-0.05, 0) is 41.6 Å². The van der Waals surface area contributed by atoms with E-state index in [1.807, 2.05) is 22.6 Å². The van der Waals surface area contributed by atoms with Crippen molar-refractivity contribution in [1.29, 1.82) is 0 Å². The first kappa shape index (κ1) is 10.9. The second-order valence-corrected chi connectivity index (χ2v) is 4.43. The Bertz CT molecular complexity index is 338. The van der Waals surface area contributed by atoms with Crippen molar-refractivity contribution in [3.8, 4) is 0 Å². The number of Topliss-reactive ketones (excluding diaryl/α,β-unsaturated/α-hetero) is 1. The highest BCUT2D eigenvalue weighted by Gasteiger charge is 2.13. The van der Waals surface area contributed by atoms with Gasteiger partial charge in [-0.25, -0.2) is 4.39 Å². The molecule has 0 saturated heterocycles. The monoisotopic (exact) mass is 312 g/mol. The van der Waals surface area contributed by atoms with Crippen LogP contribution in [0.15, 0.2) is 18.2 Å². The Hall–Kier alpha value is -0.160. The van der Waals surface area contributed by atoms with Crippen LogP contribution in [0.5, 0.6) is 0 Å². The van der Waals surface area contributed by atoms with Crippen molar-refractivity contribution in [1.82, 2.24) is 0 Å². The SMILES string of the molecule is CC(Cl)C(=O)c1ccc(I)c(F)c1. The summed E-state index contributed by atoms with van der Waals surface area (Å²) >= 11 is 7.44. The normalized spacial score (nSPS) is 12.6. The van der Waals surface area contributed by atoms with Gasteiger partial charge < -0.3 is 0 Å². The molecule has 0 aliphatic heterocycles. The van der Waals surface area contributed by atoms with Crippen LogP contribution < -0.4 is 0 Å². The van der Waals surface area contributed by atoms with E-state index in [1.54, 1.807) is 19.1 Å². The van der Waals surface area contributed by atoms with Crippen LogP contribution in [-0.4, -0.2) is 11.2 Å². The second-order valence-electron chi connectivity index (χ2n) is 2.61. The van der Waals surface area contributed by atoms with Crippen molar-refractivity contribution in [3.63, 3.8) is 0 Å². The van der Waals surface area contributed by atoms with Crippen LogP contribution in [0.25, 0.3) is 0 Å². The topological polar surface area (TPSA) is 17.1 Å². The molecule has 1 aromatic carbocycles. The first-order chi connectivity index (χ1) is 6.02. The fraction of sp³-hybridized carbons (Fsp3) is 0.222. The fourth-order valence-electron chi connectivity index (χ4n) is 0.879. The van der Waals surface area contributed by atoms with Gasteiger partial charge in [-0.1, -0.05) is 6.07 Å². The highest BCUT2D eigenvalue weighted by molar-refractivity contribution is 14.1. The van der Waals surface area contributed by atoms with E-state index >= 15 is 0 Å². The minimum Gasteiger partial charge on any atom is -0.293 e. The number of hydrogen-bond acceptors (Lipinski definition) is 1. The van der Waals surface area contributed by atoms with Crippen LogP contribution in [-0.2, 0) is 0 Å². The smallest absolute Gasteiger partial charge is 0.180 e. The zero-order valence-electron chi connectivity index (χ0n) is 6.85. The van der Waals surface area contributed by atoms with Gasteiger partial charge in [-0.3, -0.25) is 4.79 Å². The fourth-order valence-corrected chi connectivity index (χ4v) is 1.34. The van der Waals surface area contributed by atoms with Gasteiger partial charge in [0.25, 0.3) is 0 Å². The standard InChI is InChI=1S/C9H7ClFIO/c1-5(10)9(13)6-2-3-8(12)7(11)4-6/h2-5H,1H3. The minimum absolute atomic E-state index is 0.253. The predicted octanol–water partition coefficient (Wildman–Crippen LogP) is 3.24. The molecule has 0 N–H and O–H groups in total. The largest absolute Gasteiger partial charge is 0.293 e. The van der Waals surface area contributed by atoms with E-state index in [9.17, 15) is 9.18 Å². The molecule has 0 bridgehead atoms. The maximum absolute atomic E-state index is 13.0. The van der Waals surface area contributed by atoms with Crippen LogP contribution in [0.1, 0.15) is 17.3 Å². The van der Waals surface area contributed by atoms with E-state index < -0.39 is 5.38 Å². The molecular weight excluding hydrogens is 305 g/mol. The molecule has 0 fully saturated rings. The molecule has 13 heavy (non-hydrogen) atoms. The number of hydrogen-bond donors (Lipinski definition) is 0. The lowest BCUT2D eigenvalue weighted by molar-refractivity contribution is 0.0991. The molecule has 0 radical (unpaired) electrons. The van der Waals surface area contributed by atoms with Crippen molar-refractivity contribution in [3.05, 3.63) is 33.1 Å². The third kappa shape index (κ3) is 2.64. The maximum atomic E-state index is 13.0. The quantitative estimate of drug-likeness (QED) is 0.465. The lowest BCUT2D eigenvalue weighted by atomic mass is 10.1. The van der Waals surface area contributed by atoms with Crippen molar-refractivity contribution in [2.75, 3.05) is 0 Å². The van der Waals surface area contributed by atoms with Crippen LogP contribution >= 0.6 is 34.2 Å². The number of carbonyl (C=O) groups is 1. The Balaban J connectivity index is 3.04. The number of halogens is 3. The van der Waals surface area contributed by atoms with Gasteiger partial charge in [0.2, 0.25) is 0 Å². The Morgan fingerprint density at radius 3 is 2.69 bits per heavy atom. The van der Waals surface area contributed by atoms with Gasteiger partial charge >= 0.3 is 0 Å². The molecule has 0 aliphatic rings. The van der Waals surface area contributed by atoms with E-state index in [-0.39, 0.29) is 11.6 Å². The lowest BCUT2D eigenvalue weighted by Crippen LogP contribution is -2.10. The van der Waals surface area contributed by atoms with Gasteiger partial charge in [-0.2, -0.15) is 0 Å². The molecule has 70 valence electrons. The number of alkyl halides is 1. The molecule has 1 unspecified atom stereocenters. The highest BCUT2D eigenvalue weighted by Crippen LogP contribution is 2.15. The Morgan fingerprint density at radius 1 is 1.62 bits per heavy atom. The molecule has 1 rings (SSSR count). The number of rotatable bonds is 2. The predicted molar refractivity (Wildman–Crippen MR) is 58.8 cm³/mol. The van der Waals surface area contributed by atoms with Gasteiger partial charge in [0.1, 0.15) is 5.82 Å². The minimum atomic E-state index is -0.612. The Morgan fingerprint density at radius 2 is 2.23 bits per heavy atom. The molecule has 0 spiro atoms. The van der Waals surface area contributed by atoms with Gasteiger partial charge in [0.15, 0.2) is 5.78 Å². The Labute approximate surface area is 94.4 Å². The van der Waals surface area contributed by atoms with E-state index in [0.29, 0.717) is 9.13 Å². The molecule has 1 nitrogen and oxygen atoms in total. The third-order valence-electron chi connectivity index (χ3n) is 1.57. The number of carbonyl (C=O) groups excluding carboxylic acids is 1. The summed E-state index contributed by atoms with van der Waals surface area (Å²) in [6, 6.07) is 4.34. The van der Waals surface area contributed by atoms with Crippen molar-refractivity contribution in [2.45, 2.75) is 12.3 Å². The number of benzene rings is 1. The molecular formula is C9H7ClFIO. The van der Waals surface area contributed by atoms with Crippen LogP contribution in [0.4, 0.5) is 4.39 Å². The first-order valence-electron chi connectivity index (χ1n) is 3.65. The summed E-state index contributed by atoms with van der Waals surface area (Å²) in [5.41, 5.74) is 0.320. The molecule has 0 aliphatic carbocycles. The summed E-state index contributed by atoms with van der Waals surface area (Å²) in [5.74, 6) is -0.638. The molecule has 1 aromatic rings. The van der Waals surface area contributed by atoms with Crippen LogP contribution in [0.3, 0.4) is 0 Å². The average molecular weight is 313 g/mol. The van der Waals surface area contributed by atoms with Crippen molar-refractivity contribution in [2.24, 2.45) is 0 Å². The lowest BCUT2D eigenvalue weighted by Gasteiger charge is -2.02.